The Morgan fingerprint density at radius 1 is 1.40 bits per heavy atom. The van der Waals surface area contributed by atoms with Crippen LogP contribution in [0.1, 0.15) is 38.5 Å². The molecule has 0 spiro atoms. The molecule has 1 aliphatic carbocycles. The number of carbonyl (C=O) groups is 1. The van der Waals surface area contributed by atoms with E-state index in [9.17, 15) is 9.59 Å². The first-order valence-corrected chi connectivity index (χ1v) is 5.40. The Hall–Kier alpha value is -1.15. The second-order valence-corrected chi connectivity index (χ2v) is 4.01. The van der Waals surface area contributed by atoms with Crippen molar-refractivity contribution >= 4 is 12.0 Å². The zero-order valence-electron chi connectivity index (χ0n) is 9.07. The van der Waals surface area contributed by atoms with Crippen LogP contribution in [0, 0.1) is 5.92 Å². The second kappa shape index (κ2) is 6.36. The summed E-state index contributed by atoms with van der Waals surface area (Å²) in [7, 11) is 1.41. The molecule has 0 aromatic carbocycles. The number of aliphatic imine (C=N–C) groups is 1. The third kappa shape index (κ3) is 4.26. The third-order valence-electron chi connectivity index (χ3n) is 3.04. The minimum absolute atomic E-state index is 0.136. The Labute approximate surface area is 89.7 Å². The zero-order valence-corrected chi connectivity index (χ0v) is 9.07. The number of esters is 1. The first-order chi connectivity index (χ1) is 7.26. The molecule has 1 saturated carbocycles. The fourth-order valence-corrected chi connectivity index (χ4v) is 2.06. The Kier molecular flexibility index (Phi) is 5.05. The highest BCUT2D eigenvalue weighted by Gasteiger charge is 2.21. The summed E-state index contributed by atoms with van der Waals surface area (Å²) < 4.78 is 4.59. The molecule has 1 fully saturated rings. The molecule has 0 aliphatic heterocycles. The average Bonchev–Trinajstić information content (AvgIpc) is 2.28. The summed E-state index contributed by atoms with van der Waals surface area (Å²) in [5, 5.41) is 0. The van der Waals surface area contributed by atoms with E-state index in [1.54, 1.807) is 6.08 Å². The molecule has 0 aromatic rings. The van der Waals surface area contributed by atoms with Crippen LogP contribution < -0.4 is 0 Å². The van der Waals surface area contributed by atoms with Crippen molar-refractivity contribution in [2.75, 3.05) is 7.11 Å². The molecule has 0 radical (unpaired) electrons. The third-order valence-corrected chi connectivity index (χ3v) is 3.04. The van der Waals surface area contributed by atoms with Crippen LogP contribution in [0.15, 0.2) is 4.99 Å². The summed E-state index contributed by atoms with van der Waals surface area (Å²) >= 11 is 0. The van der Waals surface area contributed by atoms with Gasteiger partial charge < -0.3 is 4.74 Å². The van der Waals surface area contributed by atoms with E-state index in [-0.39, 0.29) is 12.0 Å². The van der Waals surface area contributed by atoms with E-state index in [4.69, 9.17) is 0 Å². The van der Waals surface area contributed by atoms with Gasteiger partial charge in [-0.3, -0.25) is 4.79 Å². The highest BCUT2D eigenvalue weighted by atomic mass is 16.5. The van der Waals surface area contributed by atoms with Crippen molar-refractivity contribution in [3.8, 4) is 0 Å². The molecular formula is C11H17NO3. The number of carbonyl (C=O) groups excluding carboxylic acids is 2. The monoisotopic (exact) mass is 211 g/mol. The number of rotatable bonds is 4. The Morgan fingerprint density at radius 2 is 2.07 bits per heavy atom. The Morgan fingerprint density at radius 3 is 2.60 bits per heavy atom. The van der Waals surface area contributed by atoms with E-state index in [0.29, 0.717) is 12.3 Å². The molecule has 0 saturated heterocycles. The summed E-state index contributed by atoms with van der Waals surface area (Å²) in [6.45, 7) is 0. The number of ether oxygens (including phenoxy) is 1. The van der Waals surface area contributed by atoms with E-state index < -0.39 is 0 Å². The predicted octanol–water partition coefficient (Wildman–Crippen LogP) is 1.83. The summed E-state index contributed by atoms with van der Waals surface area (Å²) in [5.74, 6) is 0.449. The quantitative estimate of drug-likeness (QED) is 0.405. The molecule has 4 nitrogen and oxygen atoms in total. The van der Waals surface area contributed by atoms with Crippen LogP contribution in [-0.4, -0.2) is 25.2 Å². The molecule has 1 rings (SSSR count). The van der Waals surface area contributed by atoms with Gasteiger partial charge in [-0.2, -0.15) is 0 Å². The van der Waals surface area contributed by atoms with E-state index in [1.165, 1.54) is 7.11 Å². The molecule has 0 bridgehead atoms. The first kappa shape index (κ1) is 11.9. The van der Waals surface area contributed by atoms with Gasteiger partial charge >= 0.3 is 5.97 Å². The number of isocyanates is 1. The summed E-state index contributed by atoms with van der Waals surface area (Å²) in [6.07, 6.45) is 7.00. The Balaban J connectivity index is 2.20. The van der Waals surface area contributed by atoms with E-state index in [1.807, 2.05) is 0 Å². The maximum atomic E-state index is 10.9. The van der Waals surface area contributed by atoms with Crippen molar-refractivity contribution in [3.63, 3.8) is 0 Å². The lowest BCUT2D eigenvalue weighted by Crippen LogP contribution is -2.18. The Bertz CT molecular complexity index is 251. The average molecular weight is 211 g/mol. The maximum Gasteiger partial charge on any atom is 0.305 e. The van der Waals surface area contributed by atoms with Crippen LogP contribution in [0.25, 0.3) is 0 Å². The molecule has 4 heteroatoms. The largest absolute Gasteiger partial charge is 0.469 e. The van der Waals surface area contributed by atoms with Gasteiger partial charge in [-0.1, -0.05) is 0 Å². The lowest BCUT2D eigenvalue weighted by molar-refractivity contribution is -0.141. The predicted molar refractivity (Wildman–Crippen MR) is 55.1 cm³/mol. The molecular weight excluding hydrogens is 194 g/mol. The summed E-state index contributed by atoms with van der Waals surface area (Å²) in [5.41, 5.74) is 0. The second-order valence-electron chi connectivity index (χ2n) is 4.01. The molecule has 0 aromatic heterocycles. The van der Waals surface area contributed by atoms with Gasteiger partial charge in [0.15, 0.2) is 0 Å². The van der Waals surface area contributed by atoms with Crippen LogP contribution in [0.3, 0.4) is 0 Å². The van der Waals surface area contributed by atoms with E-state index in [0.717, 1.165) is 32.1 Å². The zero-order chi connectivity index (χ0) is 11.1. The lowest BCUT2D eigenvalue weighted by atomic mass is 9.84. The smallest absolute Gasteiger partial charge is 0.305 e. The van der Waals surface area contributed by atoms with Gasteiger partial charge in [-0.25, -0.2) is 9.79 Å². The standard InChI is InChI=1S/C11H17NO3/c1-15-11(14)7-4-9-2-5-10(6-3-9)12-8-13/h9-10H,2-7H2,1H3/t9-,10-. The van der Waals surface area contributed by atoms with Crippen molar-refractivity contribution in [1.82, 2.24) is 0 Å². The highest BCUT2D eigenvalue weighted by Crippen LogP contribution is 2.29. The molecule has 15 heavy (non-hydrogen) atoms. The van der Waals surface area contributed by atoms with Crippen molar-refractivity contribution in [3.05, 3.63) is 0 Å². The van der Waals surface area contributed by atoms with Crippen LogP contribution in [-0.2, 0) is 14.3 Å². The van der Waals surface area contributed by atoms with E-state index >= 15 is 0 Å². The topological polar surface area (TPSA) is 55.7 Å². The molecule has 0 unspecified atom stereocenters. The minimum atomic E-state index is -0.136. The summed E-state index contributed by atoms with van der Waals surface area (Å²) in [4.78, 5) is 24.7. The lowest BCUT2D eigenvalue weighted by Gasteiger charge is -2.24. The van der Waals surface area contributed by atoms with E-state index in [2.05, 4.69) is 9.73 Å². The van der Waals surface area contributed by atoms with Crippen molar-refractivity contribution in [2.24, 2.45) is 10.9 Å². The first-order valence-electron chi connectivity index (χ1n) is 5.40. The molecule has 0 atom stereocenters. The molecule has 1 aliphatic rings. The van der Waals surface area contributed by atoms with Gasteiger partial charge in [-0.15, -0.1) is 0 Å². The van der Waals surface area contributed by atoms with Crippen LogP contribution >= 0.6 is 0 Å². The van der Waals surface area contributed by atoms with Crippen molar-refractivity contribution in [2.45, 2.75) is 44.6 Å². The van der Waals surface area contributed by atoms with Crippen LogP contribution in [0.2, 0.25) is 0 Å². The number of hydrogen-bond donors (Lipinski definition) is 0. The maximum absolute atomic E-state index is 10.9. The van der Waals surface area contributed by atoms with Gasteiger partial charge in [0.1, 0.15) is 0 Å². The minimum Gasteiger partial charge on any atom is -0.469 e. The van der Waals surface area contributed by atoms with Gasteiger partial charge in [0, 0.05) is 6.42 Å². The molecule has 84 valence electrons. The number of hydrogen-bond acceptors (Lipinski definition) is 4. The van der Waals surface area contributed by atoms with Gasteiger partial charge in [0.2, 0.25) is 6.08 Å². The van der Waals surface area contributed by atoms with Crippen LogP contribution in [0.4, 0.5) is 0 Å². The fraction of sp³-hybridized carbons (Fsp3) is 0.818. The molecule has 0 N–H and O–H groups in total. The SMILES string of the molecule is COC(=O)CC[C@H]1CC[C@H](N=C=O)CC1. The summed E-state index contributed by atoms with van der Waals surface area (Å²) in [6, 6.07) is 0.164. The van der Waals surface area contributed by atoms with Crippen molar-refractivity contribution < 1.29 is 14.3 Å². The van der Waals surface area contributed by atoms with Gasteiger partial charge in [0.25, 0.3) is 0 Å². The normalized spacial score (nSPS) is 25.4. The van der Waals surface area contributed by atoms with Crippen molar-refractivity contribution in [1.29, 1.82) is 0 Å². The van der Waals surface area contributed by atoms with Gasteiger partial charge in [0.05, 0.1) is 13.2 Å². The van der Waals surface area contributed by atoms with Crippen LogP contribution in [0.5, 0.6) is 0 Å². The number of nitrogens with zero attached hydrogens (tertiary/aromatic N) is 1. The fourth-order valence-electron chi connectivity index (χ4n) is 2.06. The van der Waals surface area contributed by atoms with Gasteiger partial charge in [-0.05, 0) is 38.0 Å². The highest BCUT2D eigenvalue weighted by molar-refractivity contribution is 5.69. The number of methoxy groups -OCH3 is 1. The molecule has 0 heterocycles. The molecule has 0 amide bonds.